The minimum Gasteiger partial charge on any atom is -0.416 e. The molecule has 15 heavy (non-hydrogen) atoms. The number of aryl methyl sites for hydroxylation is 1. The number of nitrogens with one attached hydrogen (secondary N) is 1. The molecule has 1 fully saturated rings. The van der Waals surface area contributed by atoms with E-state index < -0.39 is 0 Å². The minimum atomic E-state index is 0.621. The largest absolute Gasteiger partial charge is 0.416 e. The first kappa shape index (κ1) is 11.0. The van der Waals surface area contributed by atoms with Crippen molar-refractivity contribution in [3.05, 3.63) is 5.89 Å². The van der Waals surface area contributed by atoms with Gasteiger partial charge in [0.25, 0.3) is 5.22 Å². The molecule has 0 radical (unpaired) electrons. The first-order chi connectivity index (χ1) is 7.28. The Balaban J connectivity index is 1.88. The van der Waals surface area contributed by atoms with Crippen molar-refractivity contribution in [1.29, 1.82) is 0 Å². The van der Waals surface area contributed by atoms with E-state index in [1.807, 2.05) is 14.0 Å². The maximum absolute atomic E-state index is 5.38. The van der Waals surface area contributed by atoms with E-state index in [2.05, 4.69) is 15.5 Å². The van der Waals surface area contributed by atoms with Gasteiger partial charge in [-0.3, -0.25) is 0 Å². The molecule has 1 saturated carbocycles. The predicted octanol–water partition coefficient (Wildman–Crippen LogP) is 2.00. The highest BCUT2D eigenvalue weighted by atomic mass is 32.2. The molecule has 1 heterocycles. The van der Waals surface area contributed by atoms with Crippen LogP contribution in [0.2, 0.25) is 0 Å². The van der Waals surface area contributed by atoms with Gasteiger partial charge in [-0.05, 0) is 26.3 Å². The van der Waals surface area contributed by atoms with Crippen molar-refractivity contribution < 1.29 is 4.42 Å². The highest BCUT2D eigenvalue weighted by Crippen LogP contribution is 2.32. The molecule has 2 atom stereocenters. The molecule has 1 aliphatic rings. The lowest BCUT2D eigenvalue weighted by atomic mass is 9.95. The van der Waals surface area contributed by atoms with Crippen molar-refractivity contribution >= 4 is 11.8 Å². The summed E-state index contributed by atoms with van der Waals surface area (Å²) >= 11 is 1.72. The fourth-order valence-electron chi connectivity index (χ4n) is 1.98. The predicted molar refractivity (Wildman–Crippen MR) is 60.0 cm³/mol. The molecule has 0 aromatic carbocycles. The maximum Gasteiger partial charge on any atom is 0.276 e. The standard InChI is InChI=1S/C10H17N3OS/c1-7-12-13-10(14-7)15-9-5-3-4-8(6-9)11-2/h8-9,11H,3-6H2,1-2H3. The van der Waals surface area contributed by atoms with E-state index in [0.717, 1.165) is 0 Å². The lowest BCUT2D eigenvalue weighted by molar-refractivity contribution is 0.394. The van der Waals surface area contributed by atoms with Crippen molar-refractivity contribution in [2.75, 3.05) is 7.05 Å². The van der Waals surface area contributed by atoms with Gasteiger partial charge in [0.1, 0.15) is 0 Å². The van der Waals surface area contributed by atoms with Crippen LogP contribution in [0.5, 0.6) is 0 Å². The van der Waals surface area contributed by atoms with E-state index in [4.69, 9.17) is 4.42 Å². The minimum absolute atomic E-state index is 0.621. The second-order valence-electron chi connectivity index (χ2n) is 3.98. The van der Waals surface area contributed by atoms with Gasteiger partial charge in [0.2, 0.25) is 5.89 Å². The third kappa shape index (κ3) is 2.95. The van der Waals surface area contributed by atoms with Crippen LogP contribution in [0.25, 0.3) is 0 Å². The summed E-state index contributed by atoms with van der Waals surface area (Å²) in [6.07, 6.45) is 5.03. The maximum atomic E-state index is 5.38. The van der Waals surface area contributed by atoms with E-state index in [1.54, 1.807) is 11.8 Å². The van der Waals surface area contributed by atoms with Crippen LogP contribution in [0.1, 0.15) is 31.6 Å². The van der Waals surface area contributed by atoms with Gasteiger partial charge >= 0.3 is 0 Å². The summed E-state index contributed by atoms with van der Waals surface area (Å²) in [7, 11) is 2.04. The summed E-state index contributed by atoms with van der Waals surface area (Å²) < 4.78 is 5.38. The summed E-state index contributed by atoms with van der Waals surface area (Å²) in [6, 6.07) is 0.653. The topological polar surface area (TPSA) is 51.0 Å². The van der Waals surface area contributed by atoms with Crippen LogP contribution in [0.4, 0.5) is 0 Å². The normalized spacial score (nSPS) is 26.8. The summed E-state index contributed by atoms with van der Waals surface area (Å²) in [4.78, 5) is 0. The second kappa shape index (κ2) is 4.99. The van der Waals surface area contributed by atoms with Crippen LogP contribution in [-0.2, 0) is 0 Å². The zero-order chi connectivity index (χ0) is 10.7. The highest BCUT2D eigenvalue weighted by molar-refractivity contribution is 7.99. The molecule has 1 aliphatic carbocycles. The van der Waals surface area contributed by atoms with Crippen LogP contribution in [-0.4, -0.2) is 28.5 Å². The summed E-state index contributed by atoms with van der Waals surface area (Å²) in [5, 5.41) is 12.5. The number of thioether (sulfide) groups is 1. The Labute approximate surface area is 94.2 Å². The Morgan fingerprint density at radius 3 is 2.93 bits per heavy atom. The van der Waals surface area contributed by atoms with Gasteiger partial charge in [-0.25, -0.2) is 0 Å². The number of nitrogens with zero attached hydrogens (tertiary/aromatic N) is 2. The third-order valence-electron chi connectivity index (χ3n) is 2.81. The van der Waals surface area contributed by atoms with Gasteiger partial charge in [-0.2, -0.15) is 0 Å². The quantitative estimate of drug-likeness (QED) is 0.856. The molecule has 84 valence electrons. The Hall–Kier alpha value is -0.550. The highest BCUT2D eigenvalue weighted by Gasteiger charge is 2.23. The molecule has 4 nitrogen and oxygen atoms in total. The van der Waals surface area contributed by atoms with Crippen molar-refractivity contribution in [3.8, 4) is 0 Å². The Morgan fingerprint density at radius 1 is 1.40 bits per heavy atom. The van der Waals surface area contributed by atoms with Crippen LogP contribution in [0.15, 0.2) is 9.64 Å². The van der Waals surface area contributed by atoms with Crippen LogP contribution in [0.3, 0.4) is 0 Å². The summed E-state index contributed by atoms with van der Waals surface area (Å²) in [6.45, 7) is 1.83. The fourth-order valence-corrected chi connectivity index (χ4v) is 3.14. The van der Waals surface area contributed by atoms with Crippen LogP contribution in [0, 0.1) is 6.92 Å². The number of rotatable bonds is 3. The van der Waals surface area contributed by atoms with Gasteiger partial charge in [0.15, 0.2) is 0 Å². The van der Waals surface area contributed by atoms with Gasteiger partial charge in [-0.15, -0.1) is 10.2 Å². The van der Waals surface area contributed by atoms with E-state index in [0.29, 0.717) is 22.4 Å². The molecule has 0 bridgehead atoms. The summed E-state index contributed by atoms with van der Waals surface area (Å²) in [5.74, 6) is 0.651. The monoisotopic (exact) mass is 227 g/mol. The first-order valence-corrected chi connectivity index (χ1v) is 6.30. The second-order valence-corrected chi connectivity index (χ2v) is 5.23. The number of aromatic nitrogens is 2. The molecule has 0 amide bonds. The van der Waals surface area contributed by atoms with E-state index in [9.17, 15) is 0 Å². The smallest absolute Gasteiger partial charge is 0.276 e. The van der Waals surface area contributed by atoms with Gasteiger partial charge in [0, 0.05) is 18.2 Å². The molecule has 0 saturated heterocycles. The van der Waals surface area contributed by atoms with Gasteiger partial charge in [0.05, 0.1) is 0 Å². The molecule has 5 heteroatoms. The molecule has 1 N–H and O–H groups in total. The molecule has 1 aromatic rings. The Kier molecular flexibility index (Phi) is 3.64. The fraction of sp³-hybridized carbons (Fsp3) is 0.800. The SMILES string of the molecule is CNC1CCCC(Sc2nnc(C)o2)C1. The van der Waals surface area contributed by atoms with Crippen molar-refractivity contribution in [2.45, 2.75) is 49.1 Å². The average molecular weight is 227 g/mol. The van der Waals surface area contributed by atoms with E-state index >= 15 is 0 Å². The average Bonchev–Trinajstić information content (AvgIpc) is 2.64. The van der Waals surface area contributed by atoms with Gasteiger partial charge < -0.3 is 9.73 Å². The van der Waals surface area contributed by atoms with Crippen molar-refractivity contribution in [2.24, 2.45) is 0 Å². The summed E-state index contributed by atoms with van der Waals surface area (Å²) in [5.41, 5.74) is 0. The zero-order valence-corrected chi connectivity index (χ0v) is 10.0. The molecule has 2 rings (SSSR count). The van der Waals surface area contributed by atoms with Crippen LogP contribution < -0.4 is 5.32 Å². The molecule has 1 aromatic heterocycles. The van der Waals surface area contributed by atoms with E-state index in [-0.39, 0.29) is 0 Å². The van der Waals surface area contributed by atoms with Crippen molar-refractivity contribution in [3.63, 3.8) is 0 Å². The lowest BCUT2D eigenvalue weighted by Gasteiger charge is -2.27. The zero-order valence-electron chi connectivity index (χ0n) is 9.19. The molecular weight excluding hydrogens is 210 g/mol. The Bertz CT molecular complexity index is 315. The number of hydrogen-bond acceptors (Lipinski definition) is 5. The molecule has 0 aliphatic heterocycles. The lowest BCUT2D eigenvalue weighted by Crippen LogP contribution is -2.32. The third-order valence-corrected chi connectivity index (χ3v) is 3.94. The first-order valence-electron chi connectivity index (χ1n) is 5.42. The van der Waals surface area contributed by atoms with E-state index in [1.165, 1.54) is 25.7 Å². The molecule has 2 unspecified atom stereocenters. The Morgan fingerprint density at radius 2 is 2.27 bits per heavy atom. The molecular formula is C10H17N3OS. The van der Waals surface area contributed by atoms with Gasteiger partial charge in [-0.1, -0.05) is 18.2 Å². The molecule has 0 spiro atoms. The van der Waals surface area contributed by atoms with Crippen LogP contribution >= 0.6 is 11.8 Å². The number of hydrogen-bond donors (Lipinski definition) is 1. The van der Waals surface area contributed by atoms with Crippen molar-refractivity contribution in [1.82, 2.24) is 15.5 Å².